The average Bonchev–Trinajstić information content (AvgIpc) is 2.82. The molecule has 25 heavy (non-hydrogen) atoms. The van der Waals surface area contributed by atoms with E-state index in [4.69, 9.17) is 0 Å². The molecule has 2 unspecified atom stereocenters. The summed E-state index contributed by atoms with van der Waals surface area (Å²) in [6.45, 7) is 5.38. The zero-order chi connectivity index (χ0) is 18.0. The summed E-state index contributed by atoms with van der Waals surface area (Å²) < 4.78 is 3.62. The largest absolute Gasteiger partial charge is 0.393 e. The van der Waals surface area contributed by atoms with Crippen LogP contribution in [0.3, 0.4) is 0 Å². The highest BCUT2D eigenvalue weighted by molar-refractivity contribution is 5.33. The molecule has 1 saturated carbocycles. The van der Waals surface area contributed by atoms with Crippen molar-refractivity contribution >= 4 is 0 Å². The van der Waals surface area contributed by atoms with Crippen LogP contribution >= 0.6 is 0 Å². The molecule has 2 N–H and O–H groups in total. The Morgan fingerprint density at radius 1 is 1.28 bits per heavy atom. The Balaban J connectivity index is 1.77. The predicted octanol–water partition coefficient (Wildman–Crippen LogP) is 2.52. The second-order valence-corrected chi connectivity index (χ2v) is 7.56. The van der Waals surface area contributed by atoms with Crippen LogP contribution in [0.5, 0.6) is 0 Å². The zero-order valence-electron chi connectivity index (χ0n) is 15.5. The Morgan fingerprint density at radius 2 is 2.00 bits per heavy atom. The molecule has 0 saturated heterocycles. The maximum absolute atomic E-state index is 12.9. The summed E-state index contributed by atoms with van der Waals surface area (Å²) in [5.41, 5.74) is 2.56. The van der Waals surface area contributed by atoms with Gasteiger partial charge in [-0.15, -0.1) is 0 Å². The molecule has 1 aromatic heterocycles. The van der Waals surface area contributed by atoms with Crippen molar-refractivity contribution in [1.29, 1.82) is 0 Å². The van der Waals surface area contributed by atoms with E-state index in [0.29, 0.717) is 6.54 Å². The molecule has 5 heteroatoms. The van der Waals surface area contributed by atoms with Crippen molar-refractivity contribution in [3.8, 4) is 5.69 Å². The lowest BCUT2D eigenvalue weighted by atomic mass is 9.73. The fourth-order valence-corrected chi connectivity index (χ4v) is 3.89. The van der Waals surface area contributed by atoms with Gasteiger partial charge in [-0.1, -0.05) is 38.0 Å². The summed E-state index contributed by atoms with van der Waals surface area (Å²) in [5.74, 6) is 0. The molecule has 2 aromatic rings. The van der Waals surface area contributed by atoms with Gasteiger partial charge in [0, 0.05) is 31.2 Å². The summed E-state index contributed by atoms with van der Waals surface area (Å²) in [7, 11) is 1.92. The van der Waals surface area contributed by atoms with E-state index >= 15 is 0 Å². The third kappa shape index (κ3) is 3.44. The molecule has 0 spiro atoms. The van der Waals surface area contributed by atoms with Gasteiger partial charge in [0.1, 0.15) is 0 Å². The van der Waals surface area contributed by atoms with Crippen LogP contribution in [0.25, 0.3) is 5.69 Å². The molecule has 0 amide bonds. The fraction of sp³-hybridized carbons (Fsp3) is 0.550. The van der Waals surface area contributed by atoms with Crippen molar-refractivity contribution in [2.75, 3.05) is 6.54 Å². The summed E-state index contributed by atoms with van der Waals surface area (Å²) in [6, 6.07) is 9.71. The number of rotatable bonds is 5. The number of nitrogens with zero attached hydrogens (tertiary/aromatic N) is 2. The maximum Gasteiger partial charge on any atom is 0.276 e. The first kappa shape index (κ1) is 18.0. The van der Waals surface area contributed by atoms with E-state index in [2.05, 4.69) is 12.2 Å². The summed E-state index contributed by atoms with van der Waals surface area (Å²) in [4.78, 5) is 12.9. The van der Waals surface area contributed by atoms with Crippen molar-refractivity contribution in [2.24, 2.45) is 12.5 Å². The highest BCUT2D eigenvalue weighted by Crippen LogP contribution is 2.35. The van der Waals surface area contributed by atoms with Gasteiger partial charge in [0.2, 0.25) is 0 Å². The van der Waals surface area contributed by atoms with Gasteiger partial charge in [-0.05, 0) is 31.9 Å². The third-order valence-corrected chi connectivity index (χ3v) is 5.78. The third-order valence-electron chi connectivity index (χ3n) is 5.78. The van der Waals surface area contributed by atoms with E-state index in [1.165, 1.54) is 6.42 Å². The Morgan fingerprint density at radius 3 is 2.68 bits per heavy atom. The maximum atomic E-state index is 12.9. The predicted molar refractivity (Wildman–Crippen MR) is 100 cm³/mol. The first-order valence-electron chi connectivity index (χ1n) is 9.16. The van der Waals surface area contributed by atoms with E-state index in [0.717, 1.165) is 42.8 Å². The van der Waals surface area contributed by atoms with E-state index in [9.17, 15) is 9.90 Å². The highest BCUT2D eigenvalue weighted by Gasteiger charge is 2.35. The van der Waals surface area contributed by atoms with Crippen LogP contribution in [-0.2, 0) is 13.6 Å². The lowest BCUT2D eigenvalue weighted by Crippen LogP contribution is -2.43. The minimum absolute atomic E-state index is 0.0213. The molecular formula is C20H29N3O2. The second kappa shape index (κ2) is 7.18. The van der Waals surface area contributed by atoms with Crippen LogP contribution in [0.15, 0.2) is 35.1 Å². The second-order valence-electron chi connectivity index (χ2n) is 7.56. The van der Waals surface area contributed by atoms with Gasteiger partial charge in [0.15, 0.2) is 0 Å². The molecule has 0 aliphatic heterocycles. The molecule has 2 atom stereocenters. The number of benzene rings is 1. The Kier molecular flexibility index (Phi) is 5.16. The van der Waals surface area contributed by atoms with E-state index in [1.807, 2.05) is 49.0 Å². The number of hydrogen-bond donors (Lipinski definition) is 2. The quantitative estimate of drug-likeness (QED) is 0.877. The molecule has 1 fully saturated rings. The van der Waals surface area contributed by atoms with Crippen molar-refractivity contribution in [2.45, 2.75) is 52.2 Å². The molecule has 5 nitrogen and oxygen atoms in total. The van der Waals surface area contributed by atoms with Crippen LogP contribution in [0.1, 0.15) is 43.9 Å². The zero-order valence-corrected chi connectivity index (χ0v) is 15.5. The fourth-order valence-electron chi connectivity index (χ4n) is 3.89. The van der Waals surface area contributed by atoms with E-state index in [-0.39, 0.29) is 17.1 Å². The molecule has 3 rings (SSSR count). The Labute approximate surface area is 149 Å². The van der Waals surface area contributed by atoms with Gasteiger partial charge in [-0.2, -0.15) is 0 Å². The van der Waals surface area contributed by atoms with Crippen LogP contribution < -0.4 is 10.9 Å². The van der Waals surface area contributed by atoms with E-state index in [1.54, 1.807) is 4.68 Å². The van der Waals surface area contributed by atoms with Crippen molar-refractivity contribution in [3.05, 3.63) is 51.9 Å². The topological polar surface area (TPSA) is 59.2 Å². The molecule has 1 heterocycles. The first-order chi connectivity index (χ1) is 11.9. The normalized spacial score (nSPS) is 23.8. The molecule has 1 aromatic carbocycles. The monoisotopic (exact) mass is 343 g/mol. The van der Waals surface area contributed by atoms with Crippen LogP contribution in [0.2, 0.25) is 0 Å². The lowest BCUT2D eigenvalue weighted by molar-refractivity contribution is 0.00114. The standard InChI is InChI=1S/C20H29N3O2/c1-15-17(13-21-14-20(2)12-8-7-11-18(20)24)19(25)23(22(15)3)16-9-5-4-6-10-16/h4-6,9-10,18,21,24H,7-8,11-14H2,1-3H3. The van der Waals surface area contributed by atoms with Gasteiger partial charge in [-0.3, -0.25) is 9.48 Å². The Hall–Kier alpha value is -1.85. The van der Waals surface area contributed by atoms with Gasteiger partial charge < -0.3 is 10.4 Å². The Bertz CT molecular complexity index is 778. The minimum Gasteiger partial charge on any atom is -0.393 e. The van der Waals surface area contributed by atoms with Gasteiger partial charge in [-0.25, -0.2) is 4.68 Å². The number of aliphatic hydroxyl groups excluding tert-OH is 1. The molecule has 136 valence electrons. The molecular weight excluding hydrogens is 314 g/mol. The van der Waals surface area contributed by atoms with Crippen molar-refractivity contribution < 1.29 is 5.11 Å². The molecule has 0 radical (unpaired) electrons. The van der Waals surface area contributed by atoms with Gasteiger partial charge in [0.25, 0.3) is 5.56 Å². The summed E-state index contributed by atoms with van der Waals surface area (Å²) in [6.07, 6.45) is 3.93. The first-order valence-corrected chi connectivity index (χ1v) is 9.16. The SMILES string of the molecule is Cc1c(CNCC2(C)CCCCC2O)c(=O)n(-c2ccccc2)n1C. The van der Waals surface area contributed by atoms with Crippen LogP contribution in [0.4, 0.5) is 0 Å². The number of para-hydroxylation sites is 1. The smallest absolute Gasteiger partial charge is 0.276 e. The average molecular weight is 343 g/mol. The molecule has 0 bridgehead atoms. The highest BCUT2D eigenvalue weighted by atomic mass is 16.3. The molecule has 1 aliphatic carbocycles. The number of nitrogens with one attached hydrogen (secondary N) is 1. The number of aliphatic hydroxyl groups is 1. The summed E-state index contributed by atoms with van der Waals surface area (Å²) in [5, 5.41) is 13.8. The van der Waals surface area contributed by atoms with Crippen LogP contribution in [-0.4, -0.2) is 27.1 Å². The van der Waals surface area contributed by atoms with Gasteiger partial charge in [0.05, 0.1) is 17.4 Å². The van der Waals surface area contributed by atoms with Gasteiger partial charge >= 0.3 is 0 Å². The lowest BCUT2D eigenvalue weighted by Gasteiger charge is -2.38. The van der Waals surface area contributed by atoms with Crippen LogP contribution in [0, 0.1) is 12.3 Å². The van der Waals surface area contributed by atoms with E-state index < -0.39 is 0 Å². The van der Waals surface area contributed by atoms with Crippen molar-refractivity contribution in [3.63, 3.8) is 0 Å². The molecule has 1 aliphatic rings. The summed E-state index contributed by atoms with van der Waals surface area (Å²) >= 11 is 0. The number of hydrogen-bond acceptors (Lipinski definition) is 3. The number of aromatic nitrogens is 2. The minimum atomic E-state index is -0.258. The van der Waals surface area contributed by atoms with Crippen molar-refractivity contribution in [1.82, 2.24) is 14.7 Å².